The molecule has 2 aromatic carbocycles. The Morgan fingerprint density at radius 2 is 1.74 bits per heavy atom. The number of hydrogen-bond donors (Lipinski definition) is 3. The summed E-state index contributed by atoms with van der Waals surface area (Å²) in [5.41, 5.74) is 14.3. The number of thiazole rings is 1. The first-order chi connectivity index (χ1) is 16.5. The summed E-state index contributed by atoms with van der Waals surface area (Å²) in [6.45, 7) is 1.08. The van der Waals surface area contributed by atoms with E-state index >= 15 is 0 Å². The van der Waals surface area contributed by atoms with Crippen molar-refractivity contribution in [1.29, 1.82) is 0 Å². The van der Waals surface area contributed by atoms with Gasteiger partial charge >= 0.3 is 0 Å². The fourth-order valence-corrected chi connectivity index (χ4v) is 5.32. The quantitative estimate of drug-likeness (QED) is 0.410. The number of amides is 2. The molecule has 0 bridgehead atoms. The minimum Gasteiger partial charge on any atom is -0.375 e. The molecule has 3 aromatic rings. The van der Waals surface area contributed by atoms with E-state index in [4.69, 9.17) is 11.5 Å². The predicted octanol–water partition coefficient (Wildman–Crippen LogP) is 2.92. The van der Waals surface area contributed by atoms with Crippen molar-refractivity contribution < 1.29 is 9.59 Å². The van der Waals surface area contributed by atoms with Gasteiger partial charge in [0.1, 0.15) is 6.04 Å². The topological polar surface area (TPSA) is 114 Å². The molecular formula is C26H31N5O2S. The van der Waals surface area contributed by atoms with Crippen molar-refractivity contribution in [2.45, 2.75) is 43.7 Å². The van der Waals surface area contributed by atoms with Gasteiger partial charge in [0.2, 0.25) is 11.8 Å². The first-order valence-corrected chi connectivity index (χ1v) is 12.5. The van der Waals surface area contributed by atoms with Crippen molar-refractivity contribution in [2.75, 3.05) is 18.8 Å². The average molecular weight is 478 g/mol. The molecule has 1 fully saturated rings. The van der Waals surface area contributed by atoms with E-state index in [0.29, 0.717) is 24.6 Å². The smallest absolute Gasteiger partial charge is 0.242 e. The molecule has 2 amide bonds. The molecule has 0 saturated carbocycles. The Bertz CT molecular complexity index is 1050. The SMILES string of the molecule is Nc1ncc(CCCNC(=O)[C@@H]2CCCN2C(=O)[C@H](N)C(c2ccccc2)c2ccccc2)s1. The van der Waals surface area contributed by atoms with E-state index in [1.54, 1.807) is 11.1 Å². The molecule has 1 aromatic heterocycles. The van der Waals surface area contributed by atoms with Gasteiger partial charge in [0.25, 0.3) is 0 Å². The molecule has 0 unspecified atom stereocenters. The Kier molecular flexibility index (Phi) is 7.92. The number of nitrogens with zero attached hydrogens (tertiary/aromatic N) is 2. The Morgan fingerprint density at radius 1 is 1.09 bits per heavy atom. The van der Waals surface area contributed by atoms with Crippen LogP contribution in [0.1, 0.15) is 41.2 Å². The zero-order chi connectivity index (χ0) is 23.9. The maximum atomic E-state index is 13.6. The summed E-state index contributed by atoms with van der Waals surface area (Å²) in [5.74, 6) is -0.584. The summed E-state index contributed by atoms with van der Waals surface area (Å²) in [7, 11) is 0. The van der Waals surface area contributed by atoms with Crippen molar-refractivity contribution in [1.82, 2.24) is 15.2 Å². The molecule has 1 aliphatic heterocycles. The minimum atomic E-state index is -0.782. The second kappa shape index (κ2) is 11.3. The maximum Gasteiger partial charge on any atom is 0.242 e. The van der Waals surface area contributed by atoms with Crippen LogP contribution in [0.5, 0.6) is 0 Å². The first kappa shape index (κ1) is 23.9. The van der Waals surface area contributed by atoms with Crippen LogP contribution in [-0.4, -0.2) is 46.9 Å². The van der Waals surface area contributed by atoms with E-state index in [1.165, 1.54) is 11.3 Å². The second-order valence-corrected chi connectivity index (χ2v) is 9.72. The molecule has 0 spiro atoms. The normalized spacial score (nSPS) is 16.5. The lowest BCUT2D eigenvalue weighted by Crippen LogP contribution is -2.53. The average Bonchev–Trinajstić information content (AvgIpc) is 3.52. The zero-order valence-corrected chi connectivity index (χ0v) is 19.9. The molecule has 1 saturated heterocycles. The van der Waals surface area contributed by atoms with Crippen molar-refractivity contribution >= 4 is 28.3 Å². The van der Waals surface area contributed by atoms with Gasteiger partial charge in [0.05, 0.1) is 6.04 Å². The molecule has 8 heteroatoms. The van der Waals surface area contributed by atoms with E-state index in [2.05, 4.69) is 10.3 Å². The number of hydrogen-bond acceptors (Lipinski definition) is 6. The van der Waals surface area contributed by atoms with Crippen LogP contribution in [0.15, 0.2) is 66.9 Å². The van der Waals surface area contributed by atoms with E-state index in [-0.39, 0.29) is 17.7 Å². The van der Waals surface area contributed by atoms with Crippen molar-refractivity contribution in [2.24, 2.45) is 5.73 Å². The highest BCUT2D eigenvalue weighted by molar-refractivity contribution is 7.15. The standard InChI is InChI=1S/C26H31N5O2S/c27-23(22(18-9-3-1-4-10-18)19-11-5-2-6-12-19)25(33)31-16-8-14-21(31)24(32)29-15-7-13-20-17-30-26(28)34-20/h1-6,9-12,17,21-23H,7-8,13-16,27H2,(H2,28,30)(H,29,32)/t21-,23+/m0/s1. The van der Waals surface area contributed by atoms with E-state index < -0.39 is 12.1 Å². The first-order valence-electron chi connectivity index (χ1n) is 11.7. The van der Waals surface area contributed by atoms with E-state index in [9.17, 15) is 9.59 Å². The Hall–Kier alpha value is -3.23. The van der Waals surface area contributed by atoms with Crippen molar-refractivity contribution in [3.63, 3.8) is 0 Å². The number of nitrogens with one attached hydrogen (secondary N) is 1. The number of aromatic nitrogens is 1. The lowest BCUT2D eigenvalue weighted by molar-refractivity contribution is -0.139. The number of benzene rings is 2. The maximum absolute atomic E-state index is 13.6. The highest BCUT2D eigenvalue weighted by Gasteiger charge is 2.39. The van der Waals surface area contributed by atoms with Crippen LogP contribution in [0.25, 0.3) is 0 Å². The summed E-state index contributed by atoms with van der Waals surface area (Å²) in [4.78, 5) is 33.3. The van der Waals surface area contributed by atoms with Gasteiger partial charge in [-0.1, -0.05) is 60.7 Å². The van der Waals surface area contributed by atoms with Gasteiger partial charge in [-0.25, -0.2) is 4.98 Å². The van der Waals surface area contributed by atoms with Crippen molar-refractivity contribution in [3.05, 3.63) is 82.9 Å². The lowest BCUT2D eigenvalue weighted by atomic mass is 9.84. The van der Waals surface area contributed by atoms with Crippen LogP contribution in [0.3, 0.4) is 0 Å². The number of carbonyl (C=O) groups excluding carboxylic acids is 2. The number of rotatable bonds is 9. The molecule has 5 N–H and O–H groups in total. The Labute approximate surface area is 204 Å². The monoisotopic (exact) mass is 477 g/mol. The predicted molar refractivity (Wildman–Crippen MR) is 135 cm³/mol. The molecule has 4 rings (SSSR count). The summed E-state index contributed by atoms with van der Waals surface area (Å²) in [6, 6.07) is 18.4. The number of aryl methyl sites for hydroxylation is 1. The minimum absolute atomic E-state index is 0.113. The molecule has 0 aliphatic carbocycles. The number of nitrogen functional groups attached to an aromatic ring is 1. The molecule has 7 nitrogen and oxygen atoms in total. The van der Waals surface area contributed by atoms with Gasteiger partial charge in [0.15, 0.2) is 5.13 Å². The number of carbonyl (C=O) groups is 2. The van der Waals surface area contributed by atoms with Gasteiger partial charge in [-0.05, 0) is 36.8 Å². The molecular weight excluding hydrogens is 446 g/mol. The fraction of sp³-hybridized carbons (Fsp3) is 0.346. The van der Waals surface area contributed by atoms with Gasteiger partial charge in [0, 0.05) is 30.1 Å². The van der Waals surface area contributed by atoms with Crippen LogP contribution in [0, 0.1) is 0 Å². The highest BCUT2D eigenvalue weighted by Crippen LogP contribution is 2.30. The second-order valence-electron chi connectivity index (χ2n) is 8.57. The third-order valence-corrected chi connectivity index (χ3v) is 7.16. The number of nitrogens with two attached hydrogens (primary N) is 2. The molecule has 0 radical (unpaired) electrons. The van der Waals surface area contributed by atoms with E-state index in [1.807, 2.05) is 60.7 Å². The highest BCUT2D eigenvalue weighted by atomic mass is 32.1. The zero-order valence-electron chi connectivity index (χ0n) is 19.1. The molecule has 2 atom stereocenters. The van der Waals surface area contributed by atoms with Gasteiger partial charge in [-0.15, -0.1) is 11.3 Å². The third kappa shape index (κ3) is 5.63. The Morgan fingerprint density at radius 3 is 2.32 bits per heavy atom. The fourth-order valence-electron chi connectivity index (χ4n) is 4.60. The number of anilines is 1. The summed E-state index contributed by atoms with van der Waals surface area (Å²) in [6.07, 6.45) is 4.81. The summed E-state index contributed by atoms with van der Waals surface area (Å²) in [5, 5.41) is 3.55. The Balaban J connectivity index is 1.41. The largest absolute Gasteiger partial charge is 0.375 e. The van der Waals surface area contributed by atoms with Crippen LogP contribution >= 0.6 is 11.3 Å². The summed E-state index contributed by atoms with van der Waals surface area (Å²) >= 11 is 1.47. The molecule has 178 valence electrons. The van der Waals surface area contributed by atoms with Crippen molar-refractivity contribution in [3.8, 4) is 0 Å². The van der Waals surface area contributed by atoms with Gasteiger partial charge < -0.3 is 21.7 Å². The lowest BCUT2D eigenvalue weighted by Gasteiger charge is -2.31. The van der Waals surface area contributed by atoms with Gasteiger partial charge in [-0.2, -0.15) is 0 Å². The van der Waals surface area contributed by atoms with Crippen LogP contribution < -0.4 is 16.8 Å². The van der Waals surface area contributed by atoms with Crippen LogP contribution in [0.2, 0.25) is 0 Å². The third-order valence-electron chi connectivity index (χ3n) is 6.27. The number of likely N-dealkylation sites (tertiary alicyclic amines) is 1. The molecule has 2 heterocycles. The van der Waals surface area contributed by atoms with Crippen LogP contribution in [-0.2, 0) is 16.0 Å². The summed E-state index contributed by atoms with van der Waals surface area (Å²) < 4.78 is 0. The van der Waals surface area contributed by atoms with E-state index in [0.717, 1.165) is 35.3 Å². The van der Waals surface area contributed by atoms with Crippen LogP contribution in [0.4, 0.5) is 5.13 Å². The molecule has 1 aliphatic rings. The van der Waals surface area contributed by atoms with Gasteiger partial charge in [-0.3, -0.25) is 9.59 Å². The molecule has 34 heavy (non-hydrogen) atoms.